The number of aromatic amines is 1. The summed E-state index contributed by atoms with van der Waals surface area (Å²) in [7, 11) is 0. The number of hydrazone groups is 1. The maximum Gasteiger partial charge on any atom is 0.222 e. The lowest BCUT2D eigenvalue weighted by Crippen LogP contribution is -1.99. The van der Waals surface area contributed by atoms with Crippen LogP contribution in [0.5, 0.6) is 5.75 Å². The van der Waals surface area contributed by atoms with E-state index < -0.39 is 0 Å². The van der Waals surface area contributed by atoms with Crippen LogP contribution in [0.15, 0.2) is 52.0 Å². The summed E-state index contributed by atoms with van der Waals surface area (Å²) in [5.41, 5.74) is 5.51. The first kappa shape index (κ1) is 15.1. The van der Waals surface area contributed by atoms with Crippen LogP contribution in [0.2, 0.25) is 0 Å². The zero-order valence-electron chi connectivity index (χ0n) is 12.1. The second kappa shape index (κ2) is 6.99. The number of nitrogens with zero attached hydrogens (tertiary/aromatic N) is 2. The van der Waals surface area contributed by atoms with Crippen molar-refractivity contribution in [2.24, 2.45) is 5.10 Å². The van der Waals surface area contributed by atoms with Crippen molar-refractivity contribution in [1.29, 1.82) is 0 Å². The summed E-state index contributed by atoms with van der Waals surface area (Å²) in [6, 6.07) is 13.4. The van der Waals surface area contributed by atoms with Gasteiger partial charge in [0.2, 0.25) is 5.95 Å². The van der Waals surface area contributed by atoms with Gasteiger partial charge in [0, 0.05) is 10.0 Å². The van der Waals surface area contributed by atoms with Crippen LogP contribution in [0.1, 0.15) is 5.56 Å². The molecular formula is C17H13BrN4O. The monoisotopic (exact) mass is 368 g/mol. The fourth-order valence-electron chi connectivity index (χ4n) is 2.04. The molecule has 2 aromatic carbocycles. The number of anilines is 1. The molecular weight excluding hydrogens is 356 g/mol. The minimum atomic E-state index is 0.208. The standard InChI is InChI=1S/C17H13BrN4O/c1-2-9-23-16-8-7-13(18)10-12(16)11-19-22-17-20-14-5-3-4-6-15(14)21-17/h1,3-8,10-11H,9H2,(H2,20,21,22)/b19-11-. The number of hydrogen-bond acceptors (Lipinski definition) is 4. The van der Waals surface area contributed by atoms with Crippen LogP contribution in [0.4, 0.5) is 5.95 Å². The Bertz CT molecular complexity index is 862. The number of para-hydroxylation sites is 2. The highest BCUT2D eigenvalue weighted by Crippen LogP contribution is 2.22. The van der Waals surface area contributed by atoms with Crippen molar-refractivity contribution in [1.82, 2.24) is 9.97 Å². The summed E-state index contributed by atoms with van der Waals surface area (Å²) in [5.74, 6) is 3.69. The molecule has 0 aliphatic heterocycles. The highest BCUT2D eigenvalue weighted by atomic mass is 79.9. The molecule has 0 amide bonds. The summed E-state index contributed by atoms with van der Waals surface area (Å²) in [5, 5.41) is 4.20. The van der Waals surface area contributed by atoms with Crippen molar-refractivity contribution < 1.29 is 4.74 Å². The number of hydrogen-bond donors (Lipinski definition) is 2. The molecule has 0 saturated carbocycles. The van der Waals surface area contributed by atoms with E-state index >= 15 is 0 Å². The number of rotatable bonds is 5. The number of nitrogens with one attached hydrogen (secondary N) is 2. The van der Waals surface area contributed by atoms with Gasteiger partial charge in [0.15, 0.2) is 0 Å². The van der Waals surface area contributed by atoms with E-state index in [1.54, 1.807) is 6.21 Å². The molecule has 0 unspecified atom stereocenters. The Labute approximate surface area is 141 Å². The Kier molecular flexibility index (Phi) is 4.60. The molecule has 0 saturated heterocycles. The Morgan fingerprint density at radius 3 is 3.04 bits per heavy atom. The summed E-state index contributed by atoms with van der Waals surface area (Å²) < 4.78 is 6.42. The number of terminal acetylenes is 1. The lowest BCUT2D eigenvalue weighted by atomic mass is 10.2. The first-order valence-electron chi connectivity index (χ1n) is 6.86. The van der Waals surface area contributed by atoms with Crippen LogP contribution in [0, 0.1) is 12.3 Å². The second-order valence-corrected chi connectivity index (χ2v) is 5.56. The molecule has 1 heterocycles. The Balaban J connectivity index is 1.77. The van der Waals surface area contributed by atoms with E-state index in [1.165, 1.54) is 0 Å². The fourth-order valence-corrected chi connectivity index (χ4v) is 2.42. The van der Waals surface area contributed by atoms with E-state index in [-0.39, 0.29) is 6.61 Å². The van der Waals surface area contributed by atoms with E-state index in [2.05, 4.69) is 42.3 Å². The largest absolute Gasteiger partial charge is 0.480 e. The van der Waals surface area contributed by atoms with Crippen LogP contribution >= 0.6 is 15.9 Å². The minimum Gasteiger partial charge on any atom is -0.480 e. The predicted molar refractivity (Wildman–Crippen MR) is 95.8 cm³/mol. The SMILES string of the molecule is C#CCOc1ccc(Br)cc1/C=N\Nc1nc2ccccc2[nH]1. The topological polar surface area (TPSA) is 62.3 Å². The normalized spacial score (nSPS) is 10.8. The Morgan fingerprint density at radius 2 is 2.22 bits per heavy atom. The van der Waals surface area contributed by atoms with Gasteiger partial charge in [-0.05, 0) is 30.3 Å². The number of imidazole rings is 1. The molecule has 0 aliphatic rings. The summed E-state index contributed by atoms with van der Waals surface area (Å²) in [4.78, 5) is 7.53. The van der Waals surface area contributed by atoms with Gasteiger partial charge < -0.3 is 9.72 Å². The van der Waals surface area contributed by atoms with Gasteiger partial charge in [-0.15, -0.1) is 6.42 Å². The first-order chi connectivity index (χ1) is 11.3. The van der Waals surface area contributed by atoms with Crippen molar-refractivity contribution in [3.8, 4) is 18.1 Å². The third-order valence-electron chi connectivity index (χ3n) is 3.05. The third kappa shape index (κ3) is 3.71. The number of aromatic nitrogens is 2. The van der Waals surface area contributed by atoms with Gasteiger partial charge in [-0.25, -0.2) is 10.4 Å². The molecule has 0 radical (unpaired) electrons. The Hall–Kier alpha value is -2.78. The van der Waals surface area contributed by atoms with Crippen LogP contribution in [-0.4, -0.2) is 22.8 Å². The smallest absolute Gasteiger partial charge is 0.222 e. The molecule has 6 heteroatoms. The van der Waals surface area contributed by atoms with E-state index in [9.17, 15) is 0 Å². The van der Waals surface area contributed by atoms with Crippen LogP contribution < -0.4 is 10.2 Å². The number of benzene rings is 2. The van der Waals surface area contributed by atoms with Crippen molar-refractivity contribution in [2.75, 3.05) is 12.0 Å². The van der Waals surface area contributed by atoms with E-state index in [1.807, 2.05) is 42.5 Å². The van der Waals surface area contributed by atoms with E-state index in [0.29, 0.717) is 11.7 Å². The molecule has 114 valence electrons. The van der Waals surface area contributed by atoms with Gasteiger partial charge in [-0.1, -0.05) is 34.0 Å². The van der Waals surface area contributed by atoms with E-state index in [0.717, 1.165) is 21.1 Å². The van der Waals surface area contributed by atoms with Crippen molar-refractivity contribution in [2.45, 2.75) is 0 Å². The summed E-state index contributed by atoms with van der Waals surface area (Å²) in [6.07, 6.45) is 6.88. The lowest BCUT2D eigenvalue weighted by Gasteiger charge is -2.06. The summed E-state index contributed by atoms with van der Waals surface area (Å²) >= 11 is 3.43. The van der Waals surface area contributed by atoms with Gasteiger partial charge in [0.25, 0.3) is 0 Å². The number of halogens is 1. The van der Waals surface area contributed by atoms with Crippen LogP contribution in [0.3, 0.4) is 0 Å². The van der Waals surface area contributed by atoms with Gasteiger partial charge in [0.1, 0.15) is 12.4 Å². The van der Waals surface area contributed by atoms with Gasteiger partial charge in [-0.3, -0.25) is 0 Å². The molecule has 0 aliphatic carbocycles. The van der Waals surface area contributed by atoms with Crippen molar-refractivity contribution in [3.63, 3.8) is 0 Å². The first-order valence-corrected chi connectivity index (χ1v) is 7.65. The highest BCUT2D eigenvalue weighted by molar-refractivity contribution is 9.10. The molecule has 2 N–H and O–H groups in total. The van der Waals surface area contributed by atoms with Gasteiger partial charge in [0.05, 0.1) is 17.2 Å². The lowest BCUT2D eigenvalue weighted by molar-refractivity contribution is 0.370. The molecule has 0 fully saturated rings. The molecule has 23 heavy (non-hydrogen) atoms. The zero-order chi connectivity index (χ0) is 16.1. The summed E-state index contributed by atoms with van der Waals surface area (Å²) in [6.45, 7) is 0.208. The molecule has 0 atom stereocenters. The average Bonchev–Trinajstić information content (AvgIpc) is 2.97. The maximum absolute atomic E-state index is 5.49. The van der Waals surface area contributed by atoms with E-state index in [4.69, 9.17) is 11.2 Å². The fraction of sp³-hybridized carbons (Fsp3) is 0.0588. The highest BCUT2D eigenvalue weighted by Gasteiger charge is 2.03. The van der Waals surface area contributed by atoms with Crippen LogP contribution in [0.25, 0.3) is 11.0 Å². The molecule has 5 nitrogen and oxygen atoms in total. The zero-order valence-corrected chi connectivity index (χ0v) is 13.7. The van der Waals surface area contributed by atoms with Gasteiger partial charge in [-0.2, -0.15) is 5.10 Å². The van der Waals surface area contributed by atoms with Crippen LogP contribution in [-0.2, 0) is 0 Å². The number of ether oxygens (including phenoxy) is 1. The predicted octanol–water partition coefficient (Wildman–Crippen LogP) is 3.78. The van der Waals surface area contributed by atoms with Gasteiger partial charge >= 0.3 is 0 Å². The quantitative estimate of drug-likeness (QED) is 0.409. The van der Waals surface area contributed by atoms with Crippen molar-refractivity contribution in [3.05, 3.63) is 52.5 Å². The molecule has 0 spiro atoms. The van der Waals surface area contributed by atoms with Crippen molar-refractivity contribution >= 4 is 39.1 Å². The molecule has 3 aromatic rings. The maximum atomic E-state index is 5.49. The average molecular weight is 369 g/mol. The third-order valence-corrected chi connectivity index (χ3v) is 3.54. The minimum absolute atomic E-state index is 0.208. The molecule has 1 aromatic heterocycles. The molecule has 0 bridgehead atoms. The number of H-pyrrole nitrogens is 1. The Morgan fingerprint density at radius 1 is 1.35 bits per heavy atom. The number of fused-ring (bicyclic) bond motifs is 1. The second-order valence-electron chi connectivity index (χ2n) is 4.65. The molecule has 3 rings (SSSR count).